The van der Waals surface area contributed by atoms with Crippen LogP contribution in [-0.2, 0) is 9.59 Å². The van der Waals surface area contributed by atoms with Crippen LogP contribution in [0.2, 0.25) is 0 Å². The van der Waals surface area contributed by atoms with Crippen molar-refractivity contribution < 1.29 is 9.59 Å². The van der Waals surface area contributed by atoms with Crippen molar-refractivity contribution in [2.45, 2.75) is 65.8 Å². The van der Waals surface area contributed by atoms with Crippen molar-refractivity contribution in [1.29, 1.82) is 0 Å². The lowest BCUT2D eigenvalue weighted by Crippen LogP contribution is -2.49. The predicted octanol–water partition coefficient (Wildman–Crippen LogP) is 3.88. The number of hydrogen-bond acceptors (Lipinski definition) is 4. The summed E-state index contributed by atoms with van der Waals surface area (Å²) in [5.41, 5.74) is 1.72. The number of nitrogens with zero attached hydrogens (tertiary/aromatic N) is 2. The number of amides is 2. The molecule has 2 aliphatic heterocycles. The molecular weight excluding hydrogens is 388 g/mol. The van der Waals surface area contributed by atoms with Gasteiger partial charge in [0.15, 0.2) is 0 Å². The topological polar surface area (TPSA) is 64.7 Å². The van der Waals surface area contributed by atoms with E-state index in [0.717, 1.165) is 44.7 Å². The zero-order valence-electron chi connectivity index (χ0n) is 19.7. The molecule has 2 aliphatic rings. The molecule has 6 nitrogen and oxygen atoms in total. The zero-order chi connectivity index (χ0) is 22.4. The van der Waals surface area contributed by atoms with Gasteiger partial charge in [-0.25, -0.2) is 0 Å². The largest absolute Gasteiger partial charge is 0.372 e. The second-order valence-corrected chi connectivity index (χ2v) is 10.2. The van der Waals surface area contributed by atoms with E-state index in [1.165, 1.54) is 24.9 Å². The van der Waals surface area contributed by atoms with Crippen LogP contribution in [0.25, 0.3) is 0 Å². The van der Waals surface area contributed by atoms with E-state index in [9.17, 15) is 9.59 Å². The first-order chi connectivity index (χ1) is 14.7. The molecule has 3 rings (SSSR count). The third kappa shape index (κ3) is 6.70. The van der Waals surface area contributed by atoms with Crippen molar-refractivity contribution in [2.24, 2.45) is 11.3 Å². The first kappa shape index (κ1) is 23.6. The van der Waals surface area contributed by atoms with Crippen LogP contribution in [0, 0.1) is 11.3 Å². The minimum absolute atomic E-state index is 0.0325. The lowest BCUT2D eigenvalue weighted by atomic mass is 9.93. The third-order valence-corrected chi connectivity index (χ3v) is 6.57. The van der Waals surface area contributed by atoms with Crippen LogP contribution in [-0.4, -0.2) is 55.5 Å². The summed E-state index contributed by atoms with van der Waals surface area (Å²) in [6.07, 6.45) is 5.98. The molecule has 2 heterocycles. The number of likely N-dealkylation sites (tertiary alicyclic amines) is 1. The van der Waals surface area contributed by atoms with Crippen molar-refractivity contribution >= 4 is 23.2 Å². The second kappa shape index (κ2) is 10.5. The Morgan fingerprint density at radius 2 is 1.71 bits per heavy atom. The van der Waals surface area contributed by atoms with Crippen LogP contribution >= 0.6 is 0 Å². The maximum absolute atomic E-state index is 12.9. The zero-order valence-corrected chi connectivity index (χ0v) is 19.7. The van der Waals surface area contributed by atoms with E-state index < -0.39 is 0 Å². The first-order valence-electron chi connectivity index (χ1n) is 11.9. The molecule has 0 aromatic heterocycles. The third-order valence-electron chi connectivity index (χ3n) is 6.57. The average Bonchev–Trinajstić information content (AvgIpc) is 2.77. The lowest BCUT2D eigenvalue weighted by Gasteiger charge is -2.36. The Morgan fingerprint density at radius 3 is 2.35 bits per heavy atom. The smallest absolute Gasteiger partial charge is 0.241 e. The summed E-state index contributed by atoms with van der Waals surface area (Å²) >= 11 is 0. The van der Waals surface area contributed by atoms with Crippen LogP contribution in [0.3, 0.4) is 0 Å². The fraction of sp³-hybridized carbons (Fsp3) is 0.680. The Kier molecular flexibility index (Phi) is 7.98. The maximum atomic E-state index is 12.9. The number of anilines is 2. The molecule has 2 N–H and O–H groups in total. The second-order valence-electron chi connectivity index (χ2n) is 10.2. The Labute approximate surface area is 187 Å². The van der Waals surface area contributed by atoms with Crippen molar-refractivity contribution in [1.82, 2.24) is 10.2 Å². The van der Waals surface area contributed by atoms with Gasteiger partial charge in [-0.2, -0.15) is 0 Å². The highest BCUT2D eigenvalue weighted by molar-refractivity contribution is 5.94. The maximum Gasteiger partial charge on any atom is 0.241 e. The molecule has 1 aromatic rings. The Hall–Kier alpha value is -2.08. The van der Waals surface area contributed by atoms with E-state index in [-0.39, 0.29) is 23.3 Å². The summed E-state index contributed by atoms with van der Waals surface area (Å²) in [5.74, 6) is 0.507. The van der Waals surface area contributed by atoms with Gasteiger partial charge in [-0.3, -0.25) is 14.5 Å². The molecule has 2 saturated heterocycles. The van der Waals surface area contributed by atoms with Crippen molar-refractivity contribution in [3.05, 3.63) is 24.3 Å². The van der Waals surface area contributed by atoms with Gasteiger partial charge < -0.3 is 15.5 Å². The molecule has 0 aliphatic carbocycles. The van der Waals surface area contributed by atoms with Gasteiger partial charge in [0.25, 0.3) is 0 Å². The minimum Gasteiger partial charge on any atom is -0.372 e. The Bertz CT molecular complexity index is 735. The summed E-state index contributed by atoms with van der Waals surface area (Å²) in [5, 5.41) is 6.17. The molecule has 1 aromatic carbocycles. The van der Waals surface area contributed by atoms with Crippen LogP contribution in [0.5, 0.6) is 0 Å². The fourth-order valence-corrected chi connectivity index (χ4v) is 4.44. The van der Waals surface area contributed by atoms with Gasteiger partial charge in [-0.15, -0.1) is 0 Å². The number of carbonyl (C=O) groups excluding carboxylic acids is 2. The summed E-state index contributed by atoms with van der Waals surface area (Å²) in [4.78, 5) is 29.7. The summed E-state index contributed by atoms with van der Waals surface area (Å²) in [7, 11) is 0. The van der Waals surface area contributed by atoms with Gasteiger partial charge in [0.2, 0.25) is 11.8 Å². The number of benzene rings is 1. The van der Waals surface area contributed by atoms with E-state index >= 15 is 0 Å². The SMILES string of the molecule is CC(C(=O)Nc1ccc(N2CCCCC2)cc1)N1CCCC(CNC(=O)C(C)(C)C)C1. The highest BCUT2D eigenvalue weighted by Gasteiger charge is 2.29. The monoisotopic (exact) mass is 428 g/mol. The number of nitrogens with one attached hydrogen (secondary N) is 2. The fourth-order valence-electron chi connectivity index (χ4n) is 4.44. The molecule has 0 bridgehead atoms. The highest BCUT2D eigenvalue weighted by atomic mass is 16.2. The van der Waals surface area contributed by atoms with Gasteiger partial charge >= 0.3 is 0 Å². The molecule has 6 heteroatoms. The molecule has 172 valence electrons. The first-order valence-corrected chi connectivity index (χ1v) is 11.9. The predicted molar refractivity (Wildman–Crippen MR) is 127 cm³/mol. The van der Waals surface area contributed by atoms with E-state index in [2.05, 4.69) is 32.6 Å². The van der Waals surface area contributed by atoms with E-state index in [4.69, 9.17) is 0 Å². The van der Waals surface area contributed by atoms with Gasteiger partial charge in [-0.05, 0) is 75.8 Å². The molecule has 2 atom stereocenters. The van der Waals surface area contributed by atoms with Crippen LogP contribution < -0.4 is 15.5 Å². The van der Waals surface area contributed by atoms with E-state index in [0.29, 0.717) is 12.5 Å². The number of rotatable bonds is 6. The molecule has 2 unspecified atom stereocenters. The highest BCUT2D eigenvalue weighted by Crippen LogP contribution is 2.23. The van der Waals surface area contributed by atoms with E-state index in [1.54, 1.807) is 0 Å². The van der Waals surface area contributed by atoms with E-state index in [1.807, 2.05) is 39.8 Å². The molecular formula is C25H40N4O2. The number of piperidine rings is 2. The molecule has 2 amide bonds. The van der Waals surface area contributed by atoms with Crippen LogP contribution in [0.1, 0.15) is 59.8 Å². The summed E-state index contributed by atoms with van der Waals surface area (Å²) in [6, 6.07) is 8.05. The van der Waals surface area contributed by atoms with Gasteiger partial charge in [0.1, 0.15) is 0 Å². The van der Waals surface area contributed by atoms with Crippen molar-refractivity contribution in [2.75, 3.05) is 42.9 Å². The van der Waals surface area contributed by atoms with Gasteiger partial charge in [-0.1, -0.05) is 20.8 Å². The number of carbonyl (C=O) groups is 2. The average molecular weight is 429 g/mol. The molecule has 31 heavy (non-hydrogen) atoms. The van der Waals surface area contributed by atoms with Crippen LogP contribution in [0.4, 0.5) is 11.4 Å². The lowest BCUT2D eigenvalue weighted by molar-refractivity contribution is -0.129. The molecule has 0 saturated carbocycles. The number of hydrogen-bond donors (Lipinski definition) is 2. The standard InChI is InChI=1S/C25H40N4O2/c1-19(29-16-8-9-20(18-29)17-26-24(31)25(2,3)4)23(30)27-21-10-12-22(13-11-21)28-14-6-5-7-15-28/h10-13,19-20H,5-9,14-18H2,1-4H3,(H,26,31)(H,27,30). The normalized spacial score (nSPS) is 21.4. The minimum atomic E-state index is -0.370. The van der Waals surface area contributed by atoms with Gasteiger partial charge in [0.05, 0.1) is 6.04 Å². The van der Waals surface area contributed by atoms with Crippen molar-refractivity contribution in [3.63, 3.8) is 0 Å². The van der Waals surface area contributed by atoms with Gasteiger partial charge in [0, 0.05) is 43.0 Å². The Balaban J connectivity index is 1.49. The summed E-state index contributed by atoms with van der Waals surface area (Å²) in [6.45, 7) is 12.5. The Morgan fingerprint density at radius 1 is 1.03 bits per heavy atom. The van der Waals surface area contributed by atoms with Crippen LogP contribution in [0.15, 0.2) is 24.3 Å². The summed E-state index contributed by atoms with van der Waals surface area (Å²) < 4.78 is 0. The molecule has 0 spiro atoms. The van der Waals surface area contributed by atoms with Crippen molar-refractivity contribution in [3.8, 4) is 0 Å². The quantitative estimate of drug-likeness (QED) is 0.722. The molecule has 2 fully saturated rings. The molecule has 0 radical (unpaired) electrons.